The highest BCUT2D eigenvalue weighted by atomic mass is 35.5. The molecule has 0 aliphatic carbocycles. The average Bonchev–Trinajstić information content (AvgIpc) is 2.37. The lowest BCUT2D eigenvalue weighted by molar-refractivity contribution is -0.116. The van der Waals surface area contributed by atoms with Crippen molar-refractivity contribution in [2.75, 3.05) is 18.0 Å². The molecule has 1 amide bonds. The molecule has 0 radical (unpaired) electrons. The summed E-state index contributed by atoms with van der Waals surface area (Å²) >= 11 is 6.12. The SMILES string of the molecule is CC(C)CNCc1ccc(Cl)cc1N(CC(N)=O)C(C)C. The van der Waals surface area contributed by atoms with Crippen molar-refractivity contribution in [1.29, 1.82) is 0 Å². The first-order valence-corrected chi connectivity index (χ1v) is 7.73. The molecular formula is C16H26ClN3O. The third-order valence-corrected chi connectivity index (χ3v) is 3.41. The third-order valence-electron chi connectivity index (χ3n) is 3.17. The van der Waals surface area contributed by atoms with E-state index in [1.54, 1.807) is 0 Å². The van der Waals surface area contributed by atoms with E-state index in [1.165, 1.54) is 0 Å². The molecule has 0 bridgehead atoms. The zero-order valence-corrected chi connectivity index (χ0v) is 14.1. The maximum Gasteiger partial charge on any atom is 0.236 e. The molecule has 0 saturated carbocycles. The minimum atomic E-state index is -0.343. The highest BCUT2D eigenvalue weighted by Gasteiger charge is 2.17. The Bertz CT molecular complexity index is 475. The summed E-state index contributed by atoms with van der Waals surface area (Å²) in [6.07, 6.45) is 0. The number of carbonyl (C=O) groups excluding carboxylic acids is 1. The van der Waals surface area contributed by atoms with E-state index in [9.17, 15) is 4.79 Å². The number of rotatable bonds is 8. The van der Waals surface area contributed by atoms with E-state index in [-0.39, 0.29) is 18.5 Å². The topological polar surface area (TPSA) is 58.4 Å². The molecule has 4 nitrogen and oxygen atoms in total. The molecule has 0 atom stereocenters. The van der Waals surface area contributed by atoms with Gasteiger partial charge in [0.1, 0.15) is 0 Å². The smallest absolute Gasteiger partial charge is 0.236 e. The molecule has 0 heterocycles. The van der Waals surface area contributed by atoms with Crippen LogP contribution in [0.3, 0.4) is 0 Å². The van der Waals surface area contributed by atoms with Crippen LogP contribution in [-0.4, -0.2) is 25.0 Å². The Balaban J connectivity index is 3.00. The fourth-order valence-electron chi connectivity index (χ4n) is 2.16. The van der Waals surface area contributed by atoms with E-state index >= 15 is 0 Å². The summed E-state index contributed by atoms with van der Waals surface area (Å²) in [5, 5.41) is 4.08. The predicted molar refractivity (Wildman–Crippen MR) is 89.7 cm³/mol. The number of anilines is 1. The van der Waals surface area contributed by atoms with Gasteiger partial charge in [-0.2, -0.15) is 0 Å². The van der Waals surface area contributed by atoms with Crippen LogP contribution in [0.25, 0.3) is 0 Å². The quantitative estimate of drug-likeness (QED) is 0.776. The maximum absolute atomic E-state index is 11.3. The van der Waals surface area contributed by atoms with Crippen molar-refractivity contribution >= 4 is 23.2 Å². The van der Waals surface area contributed by atoms with Crippen molar-refractivity contribution < 1.29 is 4.79 Å². The van der Waals surface area contributed by atoms with Crippen LogP contribution in [0.5, 0.6) is 0 Å². The number of hydrogen-bond acceptors (Lipinski definition) is 3. The predicted octanol–water partition coefficient (Wildman–Crippen LogP) is 2.79. The molecule has 0 unspecified atom stereocenters. The van der Waals surface area contributed by atoms with Gasteiger partial charge in [0.15, 0.2) is 0 Å². The second-order valence-electron chi connectivity index (χ2n) is 5.99. The number of nitrogens with zero attached hydrogens (tertiary/aromatic N) is 1. The van der Waals surface area contributed by atoms with E-state index in [0.717, 1.165) is 24.3 Å². The van der Waals surface area contributed by atoms with Crippen molar-refractivity contribution in [3.8, 4) is 0 Å². The second-order valence-corrected chi connectivity index (χ2v) is 6.42. The molecular weight excluding hydrogens is 286 g/mol. The lowest BCUT2D eigenvalue weighted by atomic mass is 10.1. The number of nitrogens with one attached hydrogen (secondary N) is 1. The summed E-state index contributed by atoms with van der Waals surface area (Å²) in [5.74, 6) is 0.248. The molecule has 0 aliphatic rings. The fourth-order valence-corrected chi connectivity index (χ4v) is 2.33. The number of halogens is 1. The summed E-state index contributed by atoms with van der Waals surface area (Å²) in [4.78, 5) is 13.3. The zero-order valence-electron chi connectivity index (χ0n) is 13.3. The van der Waals surface area contributed by atoms with Crippen LogP contribution in [0.15, 0.2) is 18.2 Å². The molecule has 5 heteroatoms. The first kappa shape index (κ1) is 17.8. The average molecular weight is 312 g/mol. The van der Waals surface area contributed by atoms with Crippen LogP contribution in [0, 0.1) is 5.92 Å². The van der Waals surface area contributed by atoms with E-state index in [4.69, 9.17) is 17.3 Å². The number of benzene rings is 1. The summed E-state index contributed by atoms with van der Waals surface area (Å²) in [6.45, 7) is 10.3. The van der Waals surface area contributed by atoms with Gasteiger partial charge >= 0.3 is 0 Å². The third kappa shape index (κ3) is 5.94. The first-order chi connectivity index (χ1) is 9.81. The Hall–Kier alpha value is -1.26. The lowest BCUT2D eigenvalue weighted by Crippen LogP contribution is -2.39. The largest absolute Gasteiger partial charge is 0.368 e. The van der Waals surface area contributed by atoms with Gasteiger partial charge < -0.3 is 16.0 Å². The maximum atomic E-state index is 11.3. The number of primary amides is 1. The Morgan fingerprint density at radius 2 is 2.00 bits per heavy atom. The Morgan fingerprint density at radius 3 is 2.52 bits per heavy atom. The minimum Gasteiger partial charge on any atom is -0.368 e. The first-order valence-electron chi connectivity index (χ1n) is 7.35. The van der Waals surface area contributed by atoms with E-state index in [1.807, 2.05) is 36.9 Å². The molecule has 1 aromatic carbocycles. The van der Waals surface area contributed by atoms with Crippen molar-refractivity contribution in [1.82, 2.24) is 5.32 Å². The molecule has 0 fully saturated rings. The van der Waals surface area contributed by atoms with E-state index < -0.39 is 0 Å². The van der Waals surface area contributed by atoms with Crippen molar-refractivity contribution in [3.63, 3.8) is 0 Å². The van der Waals surface area contributed by atoms with Crippen molar-refractivity contribution in [2.24, 2.45) is 11.7 Å². The molecule has 0 saturated heterocycles. The van der Waals surface area contributed by atoms with Gasteiger partial charge in [-0.1, -0.05) is 31.5 Å². The Morgan fingerprint density at radius 1 is 1.33 bits per heavy atom. The van der Waals surface area contributed by atoms with Gasteiger partial charge in [-0.15, -0.1) is 0 Å². The van der Waals surface area contributed by atoms with Gasteiger partial charge in [0.25, 0.3) is 0 Å². The number of carbonyl (C=O) groups is 1. The van der Waals surface area contributed by atoms with Crippen LogP contribution in [0.1, 0.15) is 33.3 Å². The molecule has 0 aromatic heterocycles. The molecule has 0 aliphatic heterocycles. The molecule has 21 heavy (non-hydrogen) atoms. The van der Waals surface area contributed by atoms with Gasteiger partial charge in [0, 0.05) is 23.3 Å². The summed E-state index contributed by atoms with van der Waals surface area (Å²) in [5.41, 5.74) is 7.45. The number of nitrogens with two attached hydrogens (primary N) is 1. The fraction of sp³-hybridized carbons (Fsp3) is 0.562. The summed E-state index contributed by atoms with van der Waals surface area (Å²) in [6, 6.07) is 5.94. The van der Waals surface area contributed by atoms with E-state index in [0.29, 0.717) is 10.9 Å². The number of hydrogen-bond donors (Lipinski definition) is 2. The van der Waals surface area contributed by atoms with Crippen LogP contribution in [0.2, 0.25) is 5.02 Å². The molecule has 1 rings (SSSR count). The second kappa shape index (κ2) is 8.25. The van der Waals surface area contributed by atoms with Gasteiger partial charge in [-0.25, -0.2) is 0 Å². The molecule has 3 N–H and O–H groups in total. The van der Waals surface area contributed by atoms with Crippen LogP contribution >= 0.6 is 11.6 Å². The monoisotopic (exact) mass is 311 g/mol. The Labute approximate surface area is 132 Å². The lowest BCUT2D eigenvalue weighted by Gasteiger charge is -2.30. The van der Waals surface area contributed by atoms with Crippen LogP contribution in [-0.2, 0) is 11.3 Å². The van der Waals surface area contributed by atoms with Gasteiger partial charge in [0.2, 0.25) is 5.91 Å². The summed E-state index contributed by atoms with van der Waals surface area (Å²) in [7, 11) is 0. The standard InChI is InChI=1S/C16H26ClN3O/c1-11(2)8-19-9-13-5-6-14(17)7-15(13)20(12(3)4)10-16(18)21/h5-7,11-12,19H,8-10H2,1-4H3,(H2,18,21). The summed E-state index contributed by atoms with van der Waals surface area (Å²) < 4.78 is 0. The van der Waals surface area contributed by atoms with Crippen molar-refractivity contribution in [2.45, 2.75) is 40.3 Å². The van der Waals surface area contributed by atoms with Gasteiger partial charge in [-0.05, 0) is 44.0 Å². The van der Waals surface area contributed by atoms with Gasteiger partial charge in [-0.3, -0.25) is 4.79 Å². The van der Waals surface area contributed by atoms with Crippen molar-refractivity contribution in [3.05, 3.63) is 28.8 Å². The van der Waals surface area contributed by atoms with Crippen LogP contribution < -0.4 is 16.0 Å². The Kier molecular flexibility index (Phi) is 6.99. The molecule has 0 spiro atoms. The highest BCUT2D eigenvalue weighted by molar-refractivity contribution is 6.30. The van der Waals surface area contributed by atoms with E-state index in [2.05, 4.69) is 19.2 Å². The highest BCUT2D eigenvalue weighted by Crippen LogP contribution is 2.26. The normalized spacial score (nSPS) is 11.2. The minimum absolute atomic E-state index is 0.166. The molecule has 1 aromatic rings. The zero-order chi connectivity index (χ0) is 16.0. The van der Waals surface area contributed by atoms with Gasteiger partial charge in [0.05, 0.1) is 6.54 Å². The molecule has 118 valence electrons. The van der Waals surface area contributed by atoms with Crippen LogP contribution in [0.4, 0.5) is 5.69 Å². The number of amides is 1.